The monoisotopic (exact) mass is 482 g/mol. The first kappa shape index (κ1) is 23.1. The van der Waals surface area contributed by atoms with Crippen LogP contribution >= 0.6 is 11.6 Å². The molecule has 0 atom stereocenters. The number of benzene rings is 3. The van der Waals surface area contributed by atoms with Crippen molar-refractivity contribution in [2.75, 3.05) is 18.0 Å². The Kier molecular flexibility index (Phi) is 6.32. The molecule has 0 radical (unpaired) electrons. The number of hydrogen-bond acceptors (Lipinski definition) is 4. The van der Waals surface area contributed by atoms with E-state index in [1.54, 1.807) is 10.6 Å². The average molecular weight is 483 g/mol. The van der Waals surface area contributed by atoms with Gasteiger partial charge in [-0.05, 0) is 85.7 Å². The molecule has 0 aliphatic carbocycles. The van der Waals surface area contributed by atoms with E-state index in [0.717, 1.165) is 49.1 Å². The standard InChI is InChI=1S/C29H27ClN4O/c1-19-13-29(35)34(20(2)32-19)26-7-8-28(27(30)17-26)33-11-9-21(10-12-33)14-22-3-5-25-16-23(18-31)4-6-24(25)15-22/h3-8,13,15-17,21H,9-12,14H2,1-2H3. The SMILES string of the molecule is Cc1cc(=O)n(-c2ccc(N3CCC(Cc4ccc5cc(C#N)ccc5c4)CC3)c(Cl)c2)c(C)n1. The van der Waals surface area contributed by atoms with Crippen molar-refractivity contribution in [3.8, 4) is 11.8 Å². The Morgan fingerprint density at radius 2 is 1.74 bits per heavy atom. The van der Waals surface area contributed by atoms with Crippen LogP contribution in [0.25, 0.3) is 16.5 Å². The molecule has 176 valence electrons. The maximum atomic E-state index is 12.5. The molecule has 3 aromatic carbocycles. The van der Waals surface area contributed by atoms with E-state index in [4.69, 9.17) is 16.9 Å². The highest BCUT2D eigenvalue weighted by Crippen LogP contribution is 2.32. The first-order chi connectivity index (χ1) is 16.9. The van der Waals surface area contributed by atoms with E-state index in [0.29, 0.717) is 28.0 Å². The molecule has 1 aromatic heterocycles. The van der Waals surface area contributed by atoms with Gasteiger partial charge in [0, 0.05) is 24.8 Å². The lowest BCUT2D eigenvalue weighted by Gasteiger charge is -2.34. The summed E-state index contributed by atoms with van der Waals surface area (Å²) in [5.74, 6) is 1.28. The van der Waals surface area contributed by atoms with Crippen molar-refractivity contribution in [1.82, 2.24) is 9.55 Å². The van der Waals surface area contributed by atoms with Crippen LogP contribution in [0.1, 0.15) is 35.5 Å². The predicted molar refractivity (Wildman–Crippen MR) is 142 cm³/mol. The molecule has 0 saturated carbocycles. The summed E-state index contributed by atoms with van der Waals surface area (Å²) in [6, 6.07) is 22.0. The van der Waals surface area contributed by atoms with Crippen LogP contribution < -0.4 is 10.5 Å². The van der Waals surface area contributed by atoms with Crippen LogP contribution in [0.5, 0.6) is 0 Å². The third-order valence-electron chi connectivity index (χ3n) is 6.92. The molecule has 0 unspecified atom stereocenters. The van der Waals surface area contributed by atoms with E-state index < -0.39 is 0 Å². The molecule has 0 N–H and O–H groups in total. The predicted octanol–water partition coefficient (Wildman–Crippen LogP) is 5.99. The quantitative estimate of drug-likeness (QED) is 0.358. The number of anilines is 1. The van der Waals surface area contributed by atoms with Gasteiger partial charge in [-0.15, -0.1) is 0 Å². The van der Waals surface area contributed by atoms with Crippen molar-refractivity contribution in [3.63, 3.8) is 0 Å². The number of rotatable bonds is 4. The van der Waals surface area contributed by atoms with Crippen molar-refractivity contribution in [3.05, 3.63) is 98.7 Å². The lowest BCUT2D eigenvalue weighted by molar-refractivity contribution is 0.404. The van der Waals surface area contributed by atoms with Crippen LogP contribution in [-0.2, 0) is 6.42 Å². The number of nitrogens with zero attached hydrogens (tertiary/aromatic N) is 4. The Labute approximate surface area is 210 Å². The first-order valence-corrected chi connectivity index (χ1v) is 12.3. The van der Waals surface area contributed by atoms with Crippen molar-refractivity contribution in [2.45, 2.75) is 33.1 Å². The third-order valence-corrected chi connectivity index (χ3v) is 7.22. The van der Waals surface area contributed by atoms with Gasteiger partial charge < -0.3 is 4.90 Å². The molecular weight excluding hydrogens is 456 g/mol. The molecule has 0 amide bonds. The Bertz CT molecular complexity index is 1510. The minimum atomic E-state index is -0.0983. The second-order valence-electron chi connectivity index (χ2n) is 9.40. The number of aromatic nitrogens is 2. The van der Waals surface area contributed by atoms with Crippen molar-refractivity contribution < 1.29 is 0 Å². The maximum Gasteiger partial charge on any atom is 0.258 e. The average Bonchev–Trinajstić information content (AvgIpc) is 2.84. The molecule has 1 saturated heterocycles. The van der Waals surface area contributed by atoms with E-state index in [1.165, 1.54) is 10.9 Å². The molecule has 4 aromatic rings. The summed E-state index contributed by atoms with van der Waals surface area (Å²) in [6.45, 7) is 5.56. The third kappa shape index (κ3) is 4.80. The summed E-state index contributed by atoms with van der Waals surface area (Å²) < 4.78 is 1.60. The number of hydrogen-bond donors (Lipinski definition) is 0. The van der Waals surface area contributed by atoms with Gasteiger partial charge >= 0.3 is 0 Å². The molecule has 2 heterocycles. The molecule has 35 heavy (non-hydrogen) atoms. The molecule has 6 heteroatoms. The van der Waals surface area contributed by atoms with E-state index in [1.807, 2.05) is 50.2 Å². The van der Waals surface area contributed by atoms with Crippen molar-refractivity contribution in [2.24, 2.45) is 5.92 Å². The van der Waals surface area contributed by atoms with E-state index in [-0.39, 0.29) is 5.56 Å². The van der Waals surface area contributed by atoms with Crippen LogP contribution in [0, 0.1) is 31.1 Å². The van der Waals surface area contributed by atoms with Gasteiger partial charge in [-0.2, -0.15) is 5.26 Å². The van der Waals surface area contributed by atoms with Gasteiger partial charge in [-0.1, -0.05) is 35.9 Å². The molecule has 1 aliphatic rings. The largest absolute Gasteiger partial charge is 0.370 e. The summed E-state index contributed by atoms with van der Waals surface area (Å²) in [6.07, 6.45) is 3.26. The Morgan fingerprint density at radius 3 is 2.46 bits per heavy atom. The lowest BCUT2D eigenvalue weighted by atomic mass is 9.89. The van der Waals surface area contributed by atoms with Gasteiger partial charge in [0.15, 0.2) is 0 Å². The second kappa shape index (κ2) is 9.56. The number of halogens is 1. The number of nitriles is 1. The summed E-state index contributed by atoms with van der Waals surface area (Å²) in [4.78, 5) is 19.3. The summed E-state index contributed by atoms with van der Waals surface area (Å²) in [5.41, 5.74) is 4.41. The highest BCUT2D eigenvalue weighted by Gasteiger charge is 2.22. The summed E-state index contributed by atoms with van der Waals surface area (Å²) in [7, 11) is 0. The van der Waals surface area contributed by atoms with E-state index in [9.17, 15) is 4.79 Å². The van der Waals surface area contributed by atoms with Gasteiger partial charge in [-0.25, -0.2) is 4.98 Å². The molecular formula is C29H27ClN4O. The molecule has 0 spiro atoms. The zero-order valence-corrected chi connectivity index (χ0v) is 20.7. The Balaban J connectivity index is 1.26. The van der Waals surface area contributed by atoms with Gasteiger partial charge in [0.2, 0.25) is 0 Å². The van der Waals surface area contributed by atoms with Gasteiger partial charge in [-0.3, -0.25) is 9.36 Å². The van der Waals surface area contributed by atoms with Crippen LogP contribution in [0.2, 0.25) is 5.02 Å². The second-order valence-corrected chi connectivity index (χ2v) is 9.80. The van der Waals surface area contributed by atoms with Crippen LogP contribution in [0.4, 0.5) is 5.69 Å². The molecule has 1 fully saturated rings. The number of piperidine rings is 1. The van der Waals surface area contributed by atoms with E-state index >= 15 is 0 Å². The molecule has 5 rings (SSSR count). The normalized spacial score (nSPS) is 14.3. The number of aryl methyl sites for hydroxylation is 2. The fourth-order valence-corrected chi connectivity index (χ4v) is 5.44. The van der Waals surface area contributed by atoms with Crippen LogP contribution in [-0.4, -0.2) is 22.6 Å². The fraction of sp³-hybridized carbons (Fsp3) is 0.276. The molecule has 5 nitrogen and oxygen atoms in total. The maximum absolute atomic E-state index is 12.5. The zero-order chi connectivity index (χ0) is 24.5. The number of fused-ring (bicyclic) bond motifs is 1. The zero-order valence-electron chi connectivity index (χ0n) is 20.0. The molecule has 1 aliphatic heterocycles. The topological polar surface area (TPSA) is 61.9 Å². The highest BCUT2D eigenvalue weighted by atomic mass is 35.5. The van der Waals surface area contributed by atoms with Crippen molar-refractivity contribution >= 4 is 28.1 Å². The molecule has 0 bridgehead atoms. The smallest absolute Gasteiger partial charge is 0.258 e. The Hall–Kier alpha value is -3.62. The van der Waals surface area contributed by atoms with Gasteiger partial charge in [0.05, 0.1) is 28.0 Å². The van der Waals surface area contributed by atoms with Crippen molar-refractivity contribution in [1.29, 1.82) is 5.26 Å². The van der Waals surface area contributed by atoms with Crippen LogP contribution in [0.3, 0.4) is 0 Å². The first-order valence-electron chi connectivity index (χ1n) is 12.0. The van der Waals surface area contributed by atoms with Gasteiger partial charge in [0.1, 0.15) is 5.82 Å². The van der Waals surface area contributed by atoms with E-state index in [2.05, 4.69) is 34.2 Å². The minimum absolute atomic E-state index is 0.0983. The van der Waals surface area contributed by atoms with Gasteiger partial charge in [0.25, 0.3) is 5.56 Å². The fourth-order valence-electron chi connectivity index (χ4n) is 5.15. The summed E-state index contributed by atoms with van der Waals surface area (Å²) >= 11 is 6.69. The minimum Gasteiger partial charge on any atom is -0.370 e. The highest BCUT2D eigenvalue weighted by molar-refractivity contribution is 6.33. The summed E-state index contributed by atoms with van der Waals surface area (Å²) in [5, 5.41) is 12.1. The van der Waals surface area contributed by atoms with Crippen LogP contribution in [0.15, 0.2) is 65.5 Å². The Morgan fingerprint density at radius 1 is 1.00 bits per heavy atom. The lowest BCUT2D eigenvalue weighted by Crippen LogP contribution is -2.34.